The van der Waals surface area contributed by atoms with Gasteiger partial charge in [-0.05, 0) is 36.8 Å². The Kier molecular flexibility index (Phi) is 6.88. The summed E-state index contributed by atoms with van der Waals surface area (Å²) in [5.41, 5.74) is 0. The fourth-order valence-corrected chi connectivity index (χ4v) is 4.38. The molecule has 2 N–H and O–H groups in total. The predicted octanol–water partition coefficient (Wildman–Crippen LogP) is 1.94. The lowest BCUT2D eigenvalue weighted by atomic mass is 9.92. The van der Waals surface area contributed by atoms with Crippen LogP contribution in [0.3, 0.4) is 0 Å². The molecule has 27 heavy (non-hydrogen) atoms. The number of aromatic nitrogens is 1. The van der Waals surface area contributed by atoms with Crippen molar-refractivity contribution in [1.29, 1.82) is 0 Å². The maximum absolute atomic E-state index is 13.9. The number of hydrogen-bond acceptors (Lipinski definition) is 4. The Balaban J connectivity index is 1.42. The van der Waals surface area contributed by atoms with Crippen molar-refractivity contribution in [2.45, 2.75) is 32.7 Å². The van der Waals surface area contributed by atoms with Crippen LogP contribution in [0.25, 0.3) is 0 Å². The van der Waals surface area contributed by atoms with Gasteiger partial charge in [0.25, 0.3) is 0 Å². The van der Waals surface area contributed by atoms with Crippen molar-refractivity contribution in [3.63, 3.8) is 0 Å². The molecule has 3 rings (SSSR count). The van der Waals surface area contributed by atoms with E-state index in [2.05, 4.69) is 39.4 Å². The van der Waals surface area contributed by atoms with E-state index in [-0.39, 0.29) is 11.9 Å². The van der Waals surface area contributed by atoms with Gasteiger partial charge in [-0.15, -0.1) is 0 Å². The molecule has 3 heterocycles. The molecule has 0 spiro atoms. The molecule has 3 unspecified atom stereocenters. The third kappa shape index (κ3) is 5.54. The van der Waals surface area contributed by atoms with Gasteiger partial charge in [0.15, 0.2) is 17.6 Å². The quantitative estimate of drug-likeness (QED) is 0.608. The molecule has 0 aliphatic carbocycles. The van der Waals surface area contributed by atoms with Gasteiger partial charge >= 0.3 is 0 Å². The van der Waals surface area contributed by atoms with Crippen LogP contribution < -0.4 is 15.5 Å². The highest BCUT2D eigenvalue weighted by molar-refractivity contribution is 5.80. The van der Waals surface area contributed by atoms with E-state index >= 15 is 0 Å². The van der Waals surface area contributed by atoms with Crippen molar-refractivity contribution in [2.75, 3.05) is 51.2 Å². The van der Waals surface area contributed by atoms with Crippen molar-refractivity contribution in [3.05, 3.63) is 24.1 Å². The number of rotatable bonds is 5. The van der Waals surface area contributed by atoms with Gasteiger partial charge in [0.2, 0.25) is 0 Å². The highest BCUT2D eigenvalue weighted by Crippen LogP contribution is 2.21. The smallest absolute Gasteiger partial charge is 0.191 e. The Morgan fingerprint density at radius 3 is 2.78 bits per heavy atom. The van der Waals surface area contributed by atoms with Crippen LogP contribution >= 0.6 is 0 Å². The number of nitrogens with one attached hydrogen (secondary N) is 2. The van der Waals surface area contributed by atoms with Crippen LogP contribution in [0.1, 0.15) is 26.7 Å². The first-order valence-electron chi connectivity index (χ1n) is 10.1. The van der Waals surface area contributed by atoms with Gasteiger partial charge < -0.3 is 20.4 Å². The van der Waals surface area contributed by atoms with Crippen molar-refractivity contribution >= 4 is 11.8 Å². The number of hydrogen-bond donors (Lipinski definition) is 2. The van der Waals surface area contributed by atoms with E-state index in [1.54, 1.807) is 19.3 Å². The molecule has 6 nitrogen and oxygen atoms in total. The zero-order valence-corrected chi connectivity index (χ0v) is 16.8. The molecule has 0 amide bonds. The molecule has 3 atom stereocenters. The summed E-state index contributed by atoms with van der Waals surface area (Å²) < 4.78 is 13.9. The molecular weight excluding hydrogens is 343 g/mol. The Morgan fingerprint density at radius 2 is 2.07 bits per heavy atom. The Bertz CT molecular complexity index is 627. The van der Waals surface area contributed by atoms with Crippen LogP contribution in [0.15, 0.2) is 23.3 Å². The summed E-state index contributed by atoms with van der Waals surface area (Å²) in [6.45, 7) is 10.5. The third-order valence-electron chi connectivity index (χ3n) is 5.46. The summed E-state index contributed by atoms with van der Waals surface area (Å²) in [7, 11) is 1.80. The molecule has 150 valence electrons. The maximum Gasteiger partial charge on any atom is 0.191 e. The van der Waals surface area contributed by atoms with Crippen LogP contribution in [0.5, 0.6) is 0 Å². The number of halogens is 1. The zero-order chi connectivity index (χ0) is 19.2. The molecule has 2 fully saturated rings. The van der Waals surface area contributed by atoms with Gasteiger partial charge in [-0.25, -0.2) is 9.37 Å². The van der Waals surface area contributed by atoms with E-state index in [0.717, 1.165) is 50.4 Å². The molecule has 0 bridgehead atoms. The highest BCUT2D eigenvalue weighted by Gasteiger charge is 2.26. The molecule has 0 saturated carbocycles. The largest absolute Gasteiger partial charge is 0.355 e. The Morgan fingerprint density at radius 1 is 1.30 bits per heavy atom. The molecule has 2 aliphatic heterocycles. The monoisotopic (exact) mass is 376 g/mol. The molecule has 0 radical (unpaired) electrons. The van der Waals surface area contributed by atoms with Gasteiger partial charge in [0.05, 0.1) is 0 Å². The van der Waals surface area contributed by atoms with Crippen molar-refractivity contribution < 1.29 is 4.39 Å². The fourth-order valence-electron chi connectivity index (χ4n) is 4.38. The number of pyridine rings is 1. The second-order valence-electron chi connectivity index (χ2n) is 8.09. The lowest BCUT2D eigenvalue weighted by molar-refractivity contribution is 0.143. The van der Waals surface area contributed by atoms with E-state index < -0.39 is 0 Å². The average molecular weight is 377 g/mol. The molecule has 2 aliphatic rings. The molecule has 0 aromatic carbocycles. The lowest BCUT2D eigenvalue weighted by Crippen LogP contribution is -2.48. The molecule has 2 saturated heterocycles. The van der Waals surface area contributed by atoms with Gasteiger partial charge in [-0.1, -0.05) is 13.8 Å². The standard InChI is InChI=1S/C20H33FN6/c1-15-11-16(2)13-26(12-15)10-8-24-20(22-3)25-17-6-9-27(14-17)19-18(21)5-4-7-23-19/h4-5,7,15-17H,6,8-14H2,1-3H3,(H2,22,24,25). The first-order chi connectivity index (χ1) is 13.0. The minimum atomic E-state index is -0.259. The SMILES string of the molecule is CN=C(NCCN1CC(C)CC(C)C1)NC1CCN(c2ncccc2F)C1. The van der Waals surface area contributed by atoms with Gasteiger partial charge in [0, 0.05) is 58.6 Å². The first kappa shape index (κ1) is 19.9. The summed E-state index contributed by atoms with van der Waals surface area (Å²) in [5.74, 6) is 2.57. The third-order valence-corrected chi connectivity index (χ3v) is 5.46. The number of anilines is 1. The van der Waals surface area contributed by atoms with Crippen LogP contribution in [0, 0.1) is 17.7 Å². The minimum Gasteiger partial charge on any atom is -0.355 e. The van der Waals surface area contributed by atoms with E-state index in [4.69, 9.17) is 0 Å². The summed E-state index contributed by atoms with van der Waals surface area (Å²) in [6.07, 6.45) is 3.92. The maximum atomic E-state index is 13.9. The Labute approximate surface area is 162 Å². The summed E-state index contributed by atoms with van der Waals surface area (Å²) in [4.78, 5) is 13.1. The van der Waals surface area contributed by atoms with Gasteiger partial charge in [-0.2, -0.15) is 0 Å². The van der Waals surface area contributed by atoms with Crippen LogP contribution in [-0.4, -0.2) is 68.2 Å². The van der Waals surface area contributed by atoms with Crippen LogP contribution in [0.2, 0.25) is 0 Å². The lowest BCUT2D eigenvalue weighted by Gasteiger charge is -2.35. The summed E-state index contributed by atoms with van der Waals surface area (Å²) in [6, 6.07) is 3.33. The number of nitrogens with zero attached hydrogens (tertiary/aromatic N) is 4. The second-order valence-corrected chi connectivity index (χ2v) is 8.09. The zero-order valence-electron chi connectivity index (χ0n) is 16.8. The molecule has 1 aromatic rings. The minimum absolute atomic E-state index is 0.243. The highest BCUT2D eigenvalue weighted by atomic mass is 19.1. The molecule has 7 heteroatoms. The molecular formula is C20H33FN6. The molecule has 1 aromatic heterocycles. The van der Waals surface area contributed by atoms with E-state index in [1.807, 2.05) is 4.90 Å². The summed E-state index contributed by atoms with van der Waals surface area (Å²) >= 11 is 0. The normalized spacial score (nSPS) is 27.0. The van der Waals surface area contributed by atoms with Gasteiger partial charge in [-0.3, -0.25) is 4.99 Å². The van der Waals surface area contributed by atoms with E-state index in [9.17, 15) is 4.39 Å². The van der Waals surface area contributed by atoms with Crippen molar-refractivity contribution in [1.82, 2.24) is 20.5 Å². The topological polar surface area (TPSA) is 55.8 Å². The van der Waals surface area contributed by atoms with Crippen LogP contribution in [0.4, 0.5) is 10.2 Å². The Hall–Kier alpha value is -1.89. The van der Waals surface area contributed by atoms with Gasteiger partial charge in [0.1, 0.15) is 0 Å². The number of guanidine groups is 1. The summed E-state index contributed by atoms with van der Waals surface area (Å²) in [5, 5.41) is 6.90. The second kappa shape index (κ2) is 9.35. The van der Waals surface area contributed by atoms with E-state index in [1.165, 1.54) is 25.6 Å². The predicted molar refractivity (Wildman–Crippen MR) is 109 cm³/mol. The average Bonchev–Trinajstić information content (AvgIpc) is 3.08. The first-order valence-corrected chi connectivity index (χ1v) is 10.1. The fraction of sp³-hybridized carbons (Fsp3) is 0.700. The van der Waals surface area contributed by atoms with E-state index in [0.29, 0.717) is 5.82 Å². The number of likely N-dealkylation sites (tertiary alicyclic amines) is 1. The van der Waals surface area contributed by atoms with Crippen LogP contribution in [-0.2, 0) is 0 Å². The van der Waals surface area contributed by atoms with Crippen molar-refractivity contribution in [2.24, 2.45) is 16.8 Å². The number of piperidine rings is 1. The number of aliphatic imine (C=N–C) groups is 1. The van der Waals surface area contributed by atoms with Crippen molar-refractivity contribution in [3.8, 4) is 0 Å².